The van der Waals surface area contributed by atoms with Gasteiger partial charge in [0.05, 0.1) is 12.8 Å². The Morgan fingerprint density at radius 3 is 2.52 bits per heavy atom. The molecule has 0 atom stereocenters. The number of ether oxygens (including phenoxy) is 2. The number of carbonyl (C=O) groups excluding carboxylic acids is 1. The molecule has 5 nitrogen and oxygen atoms in total. The first kappa shape index (κ1) is 22.9. The summed E-state index contributed by atoms with van der Waals surface area (Å²) in [5.41, 5.74) is 4.30. The third-order valence-corrected chi connectivity index (χ3v) is 4.65. The molecule has 0 fully saturated rings. The SMILES string of the molecule is CCCCOc1ccc(/C=N/NC(=O)COc2ccc(Br)cc2C(C)(C)C)cc1. The smallest absolute Gasteiger partial charge is 0.277 e. The average Bonchev–Trinajstić information content (AvgIpc) is 2.68. The first-order chi connectivity index (χ1) is 13.8. The van der Waals surface area contributed by atoms with Gasteiger partial charge in [-0.3, -0.25) is 4.79 Å². The number of nitrogens with zero attached hydrogens (tertiary/aromatic N) is 1. The third kappa shape index (κ3) is 7.89. The summed E-state index contributed by atoms with van der Waals surface area (Å²) in [6.07, 6.45) is 3.73. The summed E-state index contributed by atoms with van der Waals surface area (Å²) in [6.45, 7) is 9.05. The van der Waals surface area contributed by atoms with E-state index < -0.39 is 0 Å². The number of rotatable bonds is 9. The molecule has 0 spiro atoms. The molecule has 0 aromatic heterocycles. The van der Waals surface area contributed by atoms with Crippen LogP contribution in [0, 0.1) is 0 Å². The number of nitrogens with one attached hydrogen (secondary N) is 1. The zero-order valence-corrected chi connectivity index (χ0v) is 19.1. The highest BCUT2D eigenvalue weighted by Gasteiger charge is 2.19. The third-order valence-electron chi connectivity index (χ3n) is 4.16. The van der Waals surface area contributed by atoms with Crippen molar-refractivity contribution >= 4 is 28.1 Å². The van der Waals surface area contributed by atoms with Gasteiger partial charge in [0.25, 0.3) is 5.91 Å². The predicted molar refractivity (Wildman–Crippen MR) is 121 cm³/mol. The van der Waals surface area contributed by atoms with Gasteiger partial charge in [0.1, 0.15) is 11.5 Å². The fourth-order valence-electron chi connectivity index (χ4n) is 2.55. The van der Waals surface area contributed by atoms with E-state index in [1.807, 2.05) is 42.5 Å². The number of amides is 1. The maximum Gasteiger partial charge on any atom is 0.277 e. The van der Waals surface area contributed by atoms with Crippen LogP contribution in [0.1, 0.15) is 51.7 Å². The Balaban J connectivity index is 1.84. The van der Waals surface area contributed by atoms with Crippen LogP contribution in [0.4, 0.5) is 0 Å². The van der Waals surface area contributed by atoms with Crippen molar-refractivity contribution in [1.82, 2.24) is 5.43 Å². The lowest BCUT2D eigenvalue weighted by Gasteiger charge is -2.23. The van der Waals surface area contributed by atoms with Gasteiger partial charge in [-0.05, 0) is 59.9 Å². The molecule has 0 radical (unpaired) electrons. The highest BCUT2D eigenvalue weighted by Crippen LogP contribution is 2.33. The van der Waals surface area contributed by atoms with Crippen molar-refractivity contribution in [3.63, 3.8) is 0 Å². The molecule has 1 amide bonds. The van der Waals surface area contributed by atoms with Crippen LogP contribution in [0.25, 0.3) is 0 Å². The van der Waals surface area contributed by atoms with Crippen molar-refractivity contribution in [1.29, 1.82) is 0 Å². The molecule has 2 rings (SSSR count). The molecule has 0 unspecified atom stereocenters. The standard InChI is InChI=1S/C23H29BrN2O3/c1-5-6-13-28-19-10-7-17(8-11-19)15-25-26-22(27)16-29-21-12-9-18(24)14-20(21)23(2,3)4/h7-12,14-15H,5-6,13,16H2,1-4H3,(H,26,27)/b25-15+. The second-order valence-electron chi connectivity index (χ2n) is 7.74. The van der Waals surface area contributed by atoms with E-state index in [2.05, 4.69) is 54.2 Å². The molecule has 6 heteroatoms. The van der Waals surface area contributed by atoms with Crippen LogP contribution < -0.4 is 14.9 Å². The largest absolute Gasteiger partial charge is 0.494 e. The van der Waals surface area contributed by atoms with E-state index in [1.54, 1.807) is 6.21 Å². The van der Waals surface area contributed by atoms with E-state index in [1.165, 1.54) is 0 Å². The van der Waals surface area contributed by atoms with E-state index in [9.17, 15) is 4.79 Å². The number of hydrazone groups is 1. The van der Waals surface area contributed by atoms with Crippen molar-refractivity contribution < 1.29 is 14.3 Å². The second kappa shape index (κ2) is 11.0. The van der Waals surface area contributed by atoms with E-state index in [0.29, 0.717) is 5.75 Å². The molecule has 2 aromatic rings. The van der Waals surface area contributed by atoms with E-state index >= 15 is 0 Å². The summed E-state index contributed by atoms with van der Waals surface area (Å²) < 4.78 is 12.3. The topological polar surface area (TPSA) is 59.9 Å². The maximum absolute atomic E-state index is 12.1. The van der Waals surface area contributed by atoms with Gasteiger partial charge in [-0.2, -0.15) is 5.10 Å². The van der Waals surface area contributed by atoms with Gasteiger partial charge >= 0.3 is 0 Å². The van der Waals surface area contributed by atoms with Crippen molar-refractivity contribution in [2.45, 2.75) is 46.0 Å². The fraction of sp³-hybridized carbons (Fsp3) is 0.391. The Labute approximate surface area is 181 Å². The number of carbonyl (C=O) groups is 1. The lowest BCUT2D eigenvalue weighted by molar-refractivity contribution is -0.123. The quantitative estimate of drug-likeness (QED) is 0.307. The molecule has 1 N–H and O–H groups in total. The fourth-order valence-corrected chi connectivity index (χ4v) is 2.91. The summed E-state index contributed by atoms with van der Waals surface area (Å²) in [6, 6.07) is 13.4. The lowest BCUT2D eigenvalue weighted by atomic mass is 9.86. The summed E-state index contributed by atoms with van der Waals surface area (Å²) >= 11 is 3.48. The minimum atomic E-state index is -0.316. The van der Waals surface area contributed by atoms with Crippen LogP contribution in [0.15, 0.2) is 52.0 Å². The highest BCUT2D eigenvalue weighted by molar-refractivity contribution is 9.10. The monoisotopic (exact) mass is 460 g/mol. The normalized spacial score (nSPS) is 11.5. The summed E-state index contributed by atoms with van der Waals surface area (Å²) in [5, 5.41) is 3.99. The first-order valence-electron chi connectivity index (χ1n) is 9.77. The second-order valence-corrected chi connectivity index (χ2v) is 8.66. The van der Waals surface area contributed by atoms with Gasteiger partial charge in [0.2, 0.25) is 0 Å². The van der Waals surface area contributed by atoms with Gasteiger partial charge in [-0.1, -0.05) is 50.0 Å². The van der Waals surface area contributed by atoms with E-state index in [0.717, 1.165) is 40.8 Å². The summed E-state index contributed by atoms with van der Waals surface area (Å²) in [5.74, 6) is 1.21. The van der Waals surface area contributed by atoms with Crippen LogP contribution >= 0.6 is 15.9 Å². The van der Waals surface area contributed by atoms with Crippen molar-refractivity contribution in [2.24, 2.45) is 5.10 Å². The van der Waals surface area contributed by atoms with Crippen LogP contribution in [0.3, 0.4) is 0 Å². The van der Waals surface area contributed by atoms with Crippen molar-refractivity contribution in [3.05, 3.63) is 58.1 Å². The number of hydrogen-bond donors (Lipinski definition) is 1. The molecule has 0 aliphatic heterocycles. The Morgan fingerprint density at radius 2 is 1.86 bits per heavy atom. The molecule has 0 aliphatic carbocycles. The molecular formula is C23H29BrN2O3. The maximum atomic E-state index is 12.1. The summed E-state index contributed by atoms with van der Waals surface area (Å²) in [7, 11) is 0. The predicted octanol–water partition coefficient (Wildman–Crippen LogP) is 5.45. The van der Waals surface area contributed by atoms with Crippen LogP contribution in [-0.2, 0) is 10.2 Å². The molecule has 0 aliphatic rings. The zero-order chi connectivity index (χ0) is 21.3. The Morgan fingerprint density at radius 1 is 1.14 bits per heavy atom. The van der Waals surface area contributed by atoms with Gasteiger partial charge in [-0.15, -0.1) is 0 Å². The van der Waals surface area contributed by atoms with Crippen LogP contribution in [0.2, 0.25) is 0 Å². The van der Waals surface area contributed by atoms with Gasteiger partial charge in [0, 0.05) is 10.0 Å². The summed E-state index contributed by atoms with van der Waals surface area (Å²) in [4.78, 5) is 12.1. The average molecular weight is 461 g/mol. The number of unbranched alkanes of at least 4 members (excludes halogenated alkanes) is 1. The van der Waals surface area contributed by atoms with E-state index in [4.69, 9.17) is 9.47 Å². The molecule has 2 aromatic carbocycles. The number of halogens is 1. The highest BCUT2D eigenvalue weighted by atomic mass is 79.9. The Bertz CT molecular complexity index is 827. The Hall–Kier alpha value is -2.34. The van der Waals surface area contributed by atoms with Gasteiger partial charge in [0.15, 0.2) is 6.61 Å². The van der Waals surface area contributed by atoms with Gasteiger partial charge in [-0.25, -0.2) is 5.43 Å². The Kier molecular flexibility index (Phi) is 8.70. The molecule has 0 bridgehead atoms. The van der Waals surface area contributed by atoms with Gasteiger partial charge < -0.3 is 9.47 Å². The lowest BCUT2D eigenvalue weighted by Crippen LogP contribution is -2.25. The molecule has 156 valence electrons. The molecule has 29 heavy (non-hydrogen) atoms. The number of benzene rings is 2. The molecule has 0 saturated heterocycles. The van der Waals surface area contributed by atoms with Crippen molar-refractivity contribution in [3.8, 4) is 11.5 Å². The minimum Gasteiger partial charge on any atom is -0.494 e. The number of hydrogen-bond acceptors (Lipinski definition) is 4. The van der Waals surface area contributed by atoms with Crippen LogP contribution in [-0.4, -0.2) is 25.3 Å². The zero-order valence-electron chi connectivity index (χ0n) is 17.5. The first-order valence-corrected chi connectivity index (χ1v) is 10.6. The minimum absolute atomic E-state index is 0.0971. The van der Waals surface area contributed by atoms with Crippen LogP contribution in [0.5, 0.6) is 11.5 Å². The molecule has 0 heterocycles. The van der Waals surface area contributed by atoms with E-state index in [-0.39, 0.29) is 17.9 Å². The molecular weight excluding hydrogens is 432 g/mol. The molecule has 0 saturated carbocycles. The van der Waals surface area contributed by atoms with Crippen molar-refractivity contribution in [2.75, 3.05) is 13.2 Å².